The van der Waals surface area contributed by atoms with Gasteiger partial charge in [0, 0.05) is 0 Å². The van der Waals surface area contributed by atoms with Crippen molar-refractivity contribution >= 4 is 19.0 Å². The molecule has 0 radical (unpaired) electrons. The van der Waals surface area contributed by atoms with Gasteiger partial charge in [0.1, 0.15) is 0 Å². The Kier molecular flexibility index (Phi) is 30.5. The maximum absolute atomic E-state index is 11.1. The summed E-state index contributed by atoms with van der Waals surface area (Å²) in [7, 11) is -4.54. The van der Waals surface area contributed by atoms with Crippen molar-refractivity contribution in [1.29, 1.82) is 0 Å². The average molecular weight is 512 g/mol. The van der Waals surface area contributed by atoms with Crippen LogP contribution in [0.2, 0.25) is 0 Å². The van der Waals surface area contributed by atoms with Crippen LogP contribution < -0.4 is 154 Å². The van der Waals surface area contributed by atoms with Gasteiger partial charge < -0.3 is 18.6 Å². The van der Waals surface area contributed by atoms with Crippen LogP contribution in [-0.2, 0) is 26.5 Å². The van der Waals surface area contributed by atoms with Gasteiger partial charge in [0.25, 0.3) is 0 Å². The van der Waals surface area contributed by atoms with Crippen LogP contribution >= 0.6 is 7.60 Å². The van der Waals surface area contributed by atoms with Crippen molar-refractivity contribution in [2.24, 2.45) is 0 Å². The quantitative estimate of drug-likeness (QED) is 0.113. The summed E-state index contributed by atoms with van der Waals surface area (Å²) >= 11 is -2.91. The molecule has 0 saturated heterocycles. The van der Waals surface area contributed by atoms with Crippen LogP contribution in [0.4, 0.5) is 0 Å². The molecule has 0 aromatic heterocycles. The summed E-state index contributed by atoms with van der Waals surface area (Å²) < 4.78 is 36.3. The molecule has 0 bridgehead atoms. The normalized spacial score (nSPS) is 12.8. The smallest absolute Gasteiger partial charge is 1.00 e. The fourth-order valence-corrected chi connectivity index (χ4v) is 4.17. The van der Waals surface area contributed by atoms with E-state index >= 15 is 0 Å². The summed E-state index contributed by atoms with van der Waals surface area (Å²) in [5.41, 5.74) is 1.38. The molecule has 1 aromatic rings. The van der Waals surface area contributed by atoms with Gasteiger partial charge in [0.05, 0.1) is 11.4 Å². The number of unbranched alkanes of at least 4 members (excludes halogenated alkanes) is 7. The summed E-state index contributed by atoms with van der Waals surface area (Å²) in [5.74, 6) is -1.55. The second-order valence-corrected chi connectivity index (χ2v) is 8.55. The molecule has 0 fully saturated rings. The summed E-state index contributed by atoms with van der Waals surface area (Å²) in [4.78, 5) is 18.1. The van der Waals surface area contributed by atoms with Crippen LogP contribution in [0.25, 0.3) is 0 Å². The van der Waals surface area contributed by atoms with E-state index in [1.54, 1.807) is 0 Å². The first-order chi connectivity index (χ1) is 11.9. The third kappa shape index (κ3) is 20.9. The second-order valence-electron chi connectivity index (χ2n) is 6.20. The Morgan fingerprint density at radius 2 is 1.39 bits per heavy atom. The van der Waals surface area contributed by atoms with E-state index in [0.717, 1.165) is 32.1 Å². The molecule has 0 aliphatic rings. The minimum atomic E-state index is -4.54. The van der Waals surface area contributed by atoms with E-state index in [-0.39, 0.29) is 165 Å². The first kappa shape index (κ1) is 36.9. The van der Waals surface area contributed by atoms with E-state index in [0.29, 0.717) is 6.42 Å². The Morgan fingerprint density at radius 3 is 1.86 bits per heavy atom. The predicted octanol–water partition coefficient (Wildman–Crippen LogP) is -4.60. The van der Waals surface area contributed by atoms with E-state index in [1.165, 1.54) is 24.8 Å². The minimum Gasteiger partial charge on any atom is -1.00 e. The monoisotopic (exact) mass is 511 g/mol. The van der Waals surface area contributed by atoms with E-state index in [9.17, 15) is 13.3 Å². The first-order valence-electron chi connectivity index (χ1n) is 8.75. The van der Waals surface area contributed by atoms with Crippen molar-refractivity contribution in [2.75, 3.05) is 0 Å². The standard InChI is InChI=1S/C17H29O6PS.3K.3H/c18-24(19,20)17(23-25(21)22)15-11-6-4-2-1-3-5-8-12-16-13-9-7-10-14-16;;;;;;/h7,9-10,13-14,17H,1-6,8,11-12,15H2,(H,21,22)(H2,18,19,20);;;;;;/q;3*+1;3*-1/p-1. The molecule has 150 valence electrons. The SMILES string of the molecule is O=S([O-])OC(CCCCCCCCCCc1ccccc1)P(=O)(O)O.[H-].[H-].[H-].[K+].[K+].[K+]. The molecule has 0 spiro atoms. The number of hydrogen-bond donors (Lipinski definition) is 2. The molecule has 0 heterocycles. The summed E-state index contributed by atoms with van der Waals surface area (Å²) in [6.45, 7) is 0. The van der Waals surface area contributed by atoms with Crippen LogP contribution in [0.15, 0.2) is 30.3 Å². The molecule has 0 saturated carbocycles. The van der Waals surface area contributed by atoms with E-state index in [1.807, 2.05) is 6.07 Å². The van der Waals surface area contributed by atoms with Gasteiger partial charge in [-0.05, 0) is 24.8 Å². The van der Waals surface area contributed by atoms with Crippen molar-refractivity contribution in [3.05, 3.63) is 35.9 Å². The van der Waals surface area contributed by atoms with Crippen molar-refractivity contribution in [3.8, 4) is 0 Å². The average Bonchev–Trinajstić information content (AvgIpc) is 2.55. The molecule has 1 aromatic carbocycles. The van der Waals surface area contributed by atoms with Gasteiger partial charge in [-0.15, -0.1) is 0 Å². The number of hydrogen-bond acceptors (Lipinski definition) is 4. The largest absolute Gasteiger partial charge is 1.00 e. The molecular formula is C17H31K3O6PS-. The summed E-state index contributed by atoms with van der Waals surface area (Å²) in [6.07, 6.45) is 9.33. The summed E-state index contributed by atoms with van der Waals surface area (Å²) in [6, 6.07) is 10.4. The van der Waals surface area contributed by atoms with E-state index in [2.05, 4.69) is 28.4 Å². The molecule has 0 amide bonds. The number of benzene rings is 1. The van der Waals surface area contributed by atoms with Gasteiger partial charge in [0.15, 0.2) is 5.85 Å². The van der Waals surface area contributed by atoms with Crippen LogP contribution in [0, 0.1) is 0 Å². The van der Waals surface area contributed by atoms with Crippen molar-refractivity contribution < 1.29 is 186 Å². The Morgan fingerprint density at radius 1 is 0.929 bits per heavy atom. The van der Waals surface area contributed by atoms with Crippen molar-refractivity contribution in [2.45, 2.75) is 70.1 Å². The van der Waals surface area contributed by atoms with Gasteiger partial charge in [0.2, 0.25) is 0 Å². The third-order valence-corrected chi connectivity index (χ3v) is 5.72. The molecule has 2 atom stereocenters. The van der Waals surface area contributed by atoms with Crippen LogP contribution in [-0.4, -0.2) is 24.4 Å². The first-order valence-corrected chi connectivity index (χ1v) is 11.4. The maximum atomic E-state index is 11.1. The molecule has 2 N–H and O–H groups in total. The molecule has 1 rings (SSSR count). The zero-order chi connectivity index (χ0) is 18.5. The Labute approximate surface area is 303 Å². The van der Waals surface area contributed by atoms with Gasteiger partial charge in [-0.25, -0.2) is 4.21 Å². The third-order valence-electron chi connectivity index (χ3n) is 4.07. The van der Waals surface area contributed by atoms with Crippen molar-refractivity contribution in [3.63, 3.8) is 0 Å². The van der Waals surface area contributed by atoms with E-state index < -0.39 is 24.8 Å². The Balaban J connectivity index is -0.000000260. The van der Waals surface area contributed by atoms with Crippen LogP contribution in [0.5, 0.6) is 0 Å². The fraction of sp³-hybridized carbons (Fsp3) is 0.647. The Bertz CT molecular complexity index is 561. The molecule has 11 heteroatoms. The zero-order valence-electron chi connectivity index (χ0n) is 20.4. The molecular weight excluding hydrogens is 481 g/mol. The molecule has 6 nitrogen and oxygen atoms in total. The van der Waals surface area contributed by atoms with Gasteiger partial charge >= 0.3 is 162 Å². The minimum absolute atomic E-state index is 0. The molecule has 0 aliphatic heterocycles. The van der Waals surface area contributed by atoms with Gasteiger partial charge in [-0.1, -0.05) is 75.3 Å². The van der Waals surface area contributed by atoms with Crippen LogP contribution in [0.1, 0.15) is 67.6 Å². The Hall–Kier alpha value is 4.35. The molecule has 28 heavy (non-hydrogen) atoms. The van der Waals surface area contributed by atoms with E-state index in [4.69, 9.17) is 9.79 Å². The van der Waals surface area contributed by atoms with Crippen LogP contribution in [0.3, 0.4) is 0 Å². The molecule has 2 unspecified atom stereocenters. The molecule has 0 aliphatic carbocycles. The maximum Gasteiger partial charge on any atom is 1.00 e. The summed E-state index contributed by atoms with van der Waals surface area (Å²) in [5, 5.41) is 0. The number of rotatable bonds is 14. The second kappa shape index (κ2) is 23.1. The van der Waals surface area contributed by atoms with Crippen molar-refractivity contribution in [1.82, 2.24) is 0 Å². The topological polar surface area (TPSA) is 107 Å². The fourth-order valence-electron chi connectivity index (χ4n) is 2.72. The van der Waals surface area contributed by atoms with Gasteiger partial charge in [-0.2, -0.15) is 0 Å². The van der Waals surface area contributed by atoms with Gasteiger partial charge in [-0.3, -0.25) is 8.75 Å². The number of aryl methyl sites for hydroxylation is 1. The predicted molar refractivity (Wildman–Crippen MR) is 101 cm³/mol. The zero-order valence-corrected chi connectivity index (χ0v) is 28.5.